The second-order valence-corrected chi connectivity index (χ2v) is 8.07. The number of ether oxygens (including phenoxy) is 1. The SMILES string of the molecule is O=C1[C@@H]2[C@H](C(=O)N1N=Cc1cccc([N+](=O)[O-])c1OCc1ccccc1F)[C@H]1C=C[C@H]2C1. The van der Waals surface area contributed by atoms with E-state index in [1.165, 1.54) is 42.6 Å². The van der Waals surface area contributed by atoms with Gasteiger partial charge in [-0.2, -0.15) is 10.1 Å². The smallest absolute Gasteiger partial charge is 0.311 e. The van der Waals surface area contributed by atoms with E-state index in [4.69, 9.17) is 4.74 Å². The van der Waals surface area contributed by atoms with Crippen LogP contribution in [0.4, 0.5) is 10.1 Å². The number of imide groups is 1. The second-order valence-electron chi connectivity index (χ2n) is 8.07. The van der Waals surface area contributed by atoms with Gasteiger partial charge in [0.2, 0.25) is 5.75 Å². The van der Waals surface area contributed by atoms with Crippen molar-refractivity contribution in [1.82, 2.24) is 5.01 Å². The fourth-order valence-electron chi connectivity index (χ4n) is 4.83. The molecule has 1 saturated carbocycles. The van der Waals surface area contributed by atoms with E-state index in [-0.39, 0.29) is 52.8 Å². The van der Waals surface area contributed by atoms with Crippen LogP contribution in [0.25, 0.3) is 0 Å². The molecule has 0 N–H and O–H groups in total. The number of hydrogen-bond acceptors (Lipinski definition) is 6. The summed E-state index contributed by atoms with van der Waals surface area (Å²) in [7, 11) is 0. The monoisotopic (exact) mass is 435 g/mol. The predicted molar refractivity (Wildman–Crippen MR) is 111 cm³/mol. The van der Waals surface area contributed by atoms with Gasteiger partial charge >= 0.3 is 5.69 Å². The van der Waals surface area contributed by atoms with Crippen molar-refractivity contribution in [2.24, 2.45) is 28.8 Å². The van der Waals surface area contributed by atoms with Gasteiger partial charge in [-0.15, -0.1) is 0 Å². The standard InChI is InChI=1S/C23H18FN3O5/c24-17-6-2-1-4-16(17)12-32-21-15(5-3-7-18(21)27(30)31)11-25-26-22(28)19-13-8-9-14(10-13)20(19)23(26)29/h1-9,11,13-14,19-20H,10,12H2/t13-,14-,19-,20+/m0/s1. The van der Waals surface area contributed by atoms with Gasteiger partial charge in [0.05, 0.1) is 23.0 Å². The van der Waals surface area contributed by atoms with Crippen LogP contribution >= 0.6 is 0 Å². The van der Waals surface area contributed by atoms with Crippen molar-refractivity contribution in [2.45, 2.75) is 13.0 Å². The zero-order valence-electron chi connectivity index (χ0n) is 16.8. The molecule has 32 heavy (non-hydrogen) atoms. The lowest BCUT2D eigenvalue weighted by Gasteiger charge is -2.13. The summed E-state index contributed by atoms with van der Waals surface area (Å²) < 4.78 is 19.6. The molecule has 1 aliphatic heterocycles. The Balaban J connectivity index is 1.42. The first kappa shape index (κ1) is 20.0. The van der Waals surface area contributed by atoms with Crippen LogP contribution in [0.5, 0.6) is 5.75 Å². The maximum Gasteiger partial charge on any atom is 0.311 e. The number of para-hydroxylation sites is 1. The number of amides is 2. The molecule has 2 aromatic carbocycles. The minimum atomic E-state index is -0.617. The highest BCUT2D eigenvalue weighted by Gasteiger charge is 2.59. The molecule has 2 amide bonds. The molecule has 2 aromatic rings. The van der Waals surface area contributed by atoms with Crippen molar-refractivity contribution in [2.75, 3.05) is 0 Å². The first-order valence-electron chi connectivity index (χ1n) is 10.2. The third-order valence-corrected chi connectivity index (χ3v) is 6.31. The maximum atomic E-state index is 13.9. The summed E-state index contributed by atoms with van der Waals surface area (Å²) in [5.41, 5.74) is 0.104. The number of halogens is 1. The van der Waals surface area contributed by atoms with Crippen molar-refractivity contribution in [3.05, 3.63) is 81.7 Å². The Morgan fingerprint density at radius 2 is 1.78 bits per heavy atom. The molecule has 8 nitrogen and oxygen atoms in total. The molecule has 0 radical (unpaired) electrons. The van der Waals surface area contributed by atoms with E-state index < -0.39 is 22.6 Å². The molecule has 1 heterocycles. The van der Waals surface area contributed by atoms with Crippen molar-refractivity contribution in [3.63, 3.8) is 0 Å². The highest BCUT2D eigenvalue weighted by Crippen LogP contribution is 2.52. The minimum Gasteiger partial charge on any atom is -0.481 e. The van der Waals surface area contributed by atoms with Crippen LogP contribution in [0, 0.1) is 39.6 Å². The van der Waals surface area contributed by atoms with Crippen LogP contribution in [-0.4, -0.2) is 28.0 Å². The van der Waals surface area contributed by atoms with E-state index in [9.17, 15) is 24.1 Å². The summed E-state index contributed by atoms with van der Waals surface area (Å²) in [6, 6.07) is 10.2. The Morgan fingerprint density at radius 1 is 1.09 bits per heavy atom. The van der Waals surface area contributed by atoms with Crippen molar-refractivity contribution in [1.29, 1.82) is 0 Å². The van der Waals surface area contributed by atoms with Crippen LogP contribution in [0.1, 0.15) is 17.5 Å². The zero-order chi connectivity index (χ0) is 22.4. The maximum absolute atomic E-state index is 13.9. The third-order valence-electron chi connectivity index (χ3n) is 6.31. The molecular weight excluding hydrogens is 417 g/mol. The summed E-state index contributed by atoms with van der Waals surface area (Å²) in [5.74, 6) is -2.00. The van der Waals surface area contributed by atoms with Gasteiger partial charge in [0.15, 0.2) is 0 Å². The fourth-order valence-corrected chi connectivity index (χ4v) is 4.83. The first-order valence-corrected chi connectivity index (χ1v) is 10.2. The summed E-state index contributed by atoms with van der Waals surface area (Å²) in [6.07, 6.45) is 5.98. The molecule has 2 aliphatic carbocycles. The molecule has 0 aromatic heterocycles. The van der Waals surface area contributed by atoms with E-state index in [0.29, 0.717) is 0 Å². The molecule has 2 fully saturated rings. The molecule has 5 rings (SSSR count). The van der Waals surface area contributed by atoms with Crippen molar-refractivity contribution in [3.8, 4) is 5.75 Å². The van der Waals surface area contributed by atoms with Gasteiger partial charge in [-0.3, -0.25) is 19.7 Å². The van der Waals surface area contributed by atoms with Gasteiger partial charge in [-0.1, -0.05) is 36.4 Å². The molecule has 2 bridgehead atoms. The number of nitro groups is 1. The molecule has 3 aliphatic rings. The lowest BCUT2D eigenvalue weighted by atomic mass is 9.85. The summed E-state index contributed by atoms with van der Waals surface area (Å²) in [5, 5.41) is 16.4. The normalized spacial score (nSPS) is 25.7. The zero-order valence-corrected chi connectivity index (χ0v) is 16.8. The number of hydrogen-bond donors (Lipinski definition) is 0. The van der Waals surface area contributed by atoms with Crippen LogP contribution in [0.3, 0.4) is 0 Å². The Kier molecular flexibility index (Phi) is 4.80. The molecule has 162 valence electrons. The van der Waals surface area contributed by atoms with Crippen LogP contribution in [0.2, 0.25) is 0 Å². The largest absolute Gasteiger partial charge is 0.481 e. The Morgan fingerprint density at radius 3 is 2.44 bits per heavy atom. The highest BCUT2D eigenvalue weighted by atomic mass is 19.1. The predicted octanol–water partition coefficient (Wildman–Crippen LogP) is 3.45. The minimum absolute atomic E-state index is 0.0547. The number of carbonyl (C=O) groups is 2. The van der Waals surface area contributed by atoms with Gasteiger partial charge in [0.1, 0.15) is 12.4 Å². The van der Waals surface area contributed by atoms with Crippen LogP contribution in [-0.2, 0) is 16.2 Å². The number of fused-ring (bicyclic) bond motifs is 5. The van der Waals surface area contributed by atoms with Crippen molar-refractivity contribution >= 4 is 23.7 Å². The number of hydrazone groups is 1. The highest BCUT2D eigenvalue weighted by molar-refractivity contribution is 6.07. The lowest BCUT2D eigenvalue weighted by Crippen LogP contribution is -2.28. The summed E-state index contributed by atoms with van der Waals surface area (Å²) in [6.45, 7) is -0.237. The Hall–Kier alpha value is -3.88. The van der Waals surface area contributed by atoms with E-state index in [2.05, 4.69) is 5.10 Å². The van der Waals surface area contributed by atoms with Gasteiger partial charge in [0.25, 0.3) is 11.8 Å². The van der Waals surface area contributed by atoms with Gasteiger partial charge < -0.3 is 4.74 Å². The average Bonchev–Trinajstić information content (AvgIpc) is 3.46. The number of rotatable bonds is 6. The van der Waals surface area contributed by atoms with E-state index in [1.54, 1.807) is 6.07 Å². The third kappa shape index (κ3) is 3.17. The molecule has 9 heteroatoms. The number of carbonyl (C=O) groups excluding carboxylic acids is 2. The first-order chi connectivity index (χ1) is 15.5. The topological polar surface area (TPSA) is 102 Å². The quantitative estimate of drug-likeness (QED) is 0.227. The van der Waals surface area contributed by atoms with E-state index >= 15 is 0 Å². The average molecular weight is 435 g/mol. The van der Waals surface area contributed by atoms with E-state index in [0.717, 1.165) is 11.4 Å². The van der Waals surface area contributed by atoms with Gasteiger partial charge in [-0.25, -0.2) is 4.39 Å². The molecule has 0 unspecified atom stereocenters. The second kappa shape index (κ2) is 7.67. The molecule has 4 atom stereocenters. The van der Waals surface area contributed by atoms with Gasteiger partial charge in [0, 0.05) is 17.2 Å². The van der Waals surface area contributed by atoms with E-state index in [1.807, 2.05) is 12.2 Å². The molecule has 0 spiro atoms. The molecular formula is C23H18FN3O5. The van der Waals surface area contributed by atoms with Gasteiger partial charge in [-0.05, 0) is 30.4 Å². The lowest BCUT2D eigenvalue weighted by molar-refractivity contribution is -0.386. The summed E-state index contributed by atoms with van der Waals surface area (Å²) in [4.78, 5) is 36.5. The number of nitro benzene ring substituents is 1. The number of benzene rings is 2. The molecule has 1 saturated heterocycles. The van der Waals surface area contributed by atoms with Crippen LogP contribution in [0.15, 0.2) is 59.7 Å². The van der Waals surface area contributed by atoms with Crippen molar-refractivity contribution < 1.29 is 23.6 Å². The Bertz CT molecular complexity index is 1160. The van der Waals surface area contributed by atoms with Crippen LogP contribution < -0.4 is 4.74 Å². The summed E-state index contributed by atoms with van der Waals surface area (Å²) >= 11 is 0. The number of nitrogens with zero attached hydrogens (tertiary/aromatic N) is 3. The number of allylic oxidation sites excluding steroid dienone is 2. The fraction of sp³-hybridized carbons (Fsp3) is 0.261. The Labute approximate surface area is 182 Å².